The molecular weight excluding hydrogens is 334 g/mol. The molecule has 2 aromatic carbocycles. The number of nitrogens with one attached hydrogen (secondary N) is 1. The molecule has 0 saturated heterocycles. The first-order chi connectivity index (χ1) is 9.47. The molecule has 20 heavy (non-hydrogen) atoms. The lowest BCUT2D eigenvalue weighted by atomic mass is 10.2. The zero-order chi connectivity index (χ0) is 14.7. The van der Waals surface area contributed by atoms with Crippen LogP contribution in [-0.2, 0) is 6.54 Å². The summed E-state index contributed by atoms with van der Waals surface area (Å²) >= 11 is 3.07. The molecule has 0 atom stereocenters. The lowest BCUT2D eigenvalue weighted by molar-refractivity contribution is -0.387. The molecule has 0 aromatic heterocycles. The van der Waals surface area contributed by atoms with Gasteiger partial charge in [0.1, 0.15) is 5.82 Å². The summed E-state index contributed by atoms with van der Waals surface area (Å²) in [6, 6.07) is 8.07. The quantitative estimate of drug-likeness (QED) is 0.667. The fourth-order valence-corrected chi connectivity index (χ4v) is 2.04. The van der Waals surface area contributed by atoms with Crippen molar-refractivity contribution in [3.8, 4) is 0 Å². The van der Waals surface area contributed by atoms with Crippen LogP contribution in [0.1, 0.15) is 5.56 Å². The lowest BCUT2D eigenvalue weighted by Gasteiger charge is -2.07. The molecule has 0 aliphatic heterocycles. The number of hydrogen-bond acceptors (Lipinski definition) is 3. The maximum atomic E-state index is 13.4. The predicted octanol–water partition coefficient (Wildman–Crippen LogP) is 4.25. The molecule has 0 amide bonds. The topological polar surface area (TPSA) is 55.2 Å². The molecule has 0 radical (unpaired) electrons. The van der Waals surface area contributed by atoms with Crippen molar-refractivity contribution in [3.63, 3.8) is 0 Å². The molecule has 2 rings (SSSR count). The Morgan fingerprint density at radius 3 is 2.50 bits per heavy atom. The fraction of sp³-hybridized carbons (Fsp3) is 0.0769. The highest BCUT2D eigenvalue weighted by Crippen LogP contribution is 2.22. The van der Waals surface area contributed by atoms with Crippen LogP contribution in [0.25, 0.3) is 0 Å². The molecule has 4 nitrogen and oxygen atoms in total. The molecule has 104 valence electrons. The van der Waals surface area contributed by atoms with E-state index in [-0.39, 0.29) is 5.82 Å². The van der Waals surface area contributed by atoms with Gasteiger partial charge in [-0.05, 0) is 39.7 Å². The first-order valence-corrected chi connectivity index (χ1v) is 6.38. The van der Waals surface area contributed by atoms with Gasteiger partial charge >= 0.3 is 5.69 Å². The van der Waals surface area contributed by atoms with Crippen LogP contribution in [0.4, 0.5) is 20.2 Å². The van der Waals surface area contributed by atoms with E-state index in [0.29, 0.717) is 16.7 Å². The Labute approximate surface area is 121 Å². The van der Waals surface area contributed by atoms with E-state index in [1.807, 2.05) is 0 Å². The summed E-state index contributed by atoms with van der Waals surface area (Å²) in [4.78, 5) is 9.70. The summed E-state index contributed by atoms with van der Waals surface area (Å²) in [6.45, 7) is 0.343. The van der Waals surface area contributed by atoms with Crippen LogP contribution < -0.4 is 5.32 Å². The summed E-state index contributed by atoms with van der Waals surface area (Å²) in [7, 11) is 0. The molecule has 0 spiro atoms. The Hall–Kier alpha value is -2.02. The average Bonchev–Trinajstić information content (AvgIpc) is 2.40. The van der Waals surface area contributed by atoms with Gasteiger partial charge in [0, 0.05) is 24.4 Å². The minimum absolute atomic E-state index is 0.340. The number of benzene rings is 2. The third kappa shape index (κ3) is 3.30. The highest BCUT2D eigenvalue weighted by Gasteiger charge is 2.13. The number of hydrogen-bond donors (Lipinski definition) is 1. The summed E-state index contributed by atoms with van der Waals surface area (Å²) < 4.78 is 26.8. The molecule has 0 heterocycles. The maximum absolute atomic E-state index is 13.4. The standard InChI is InChI=1S/C13H9BrF2N2O2/c14-10-5-8(1-3-11(10)15)7-17-9-2-4-13(18(19)20)12(16)6-9/h1-6,17H,7H2. The number of nitrogens with zero attached hydrogens (tertiary/aromatic N) is 1. The molecular formula is C13H9BrF2N2O2. The zero-order valence-corrected chi connectivity index (χ0v) is 11.7. The van der Waals surface area contributed by atoms with Crippen LogP contribution in [-0.4, -0.2) is 4.92 Å². The molecule has 0 saturated carbocycles. The summed E-state index contributed by atoms with van der Waals surface area (Å²) in [5, 5.41) is 13.4. The van der Waals surface area contributed by atoms with Crippen LogP contribution in [0.5, 0.6) is 0 Å². The molecule has 7 heteroatoms. The van der Waals surface area contributed by atoms with E-state index in [0.717, 1.165) is 17.7 Å². The summed E-state index contributed by atoms with van der Waals surface area (Å²) in [5.74, 6) is -1.27. The molecule has 0 bridgehead atoms. The fourth-order valence-electron chi connectivity index (χ4n) is 1.62. The minimum atomic E-state index is -0.903. The predicted molar refractivity (Wildman–Crippen MR) is 74.5 cm³/mol. The number of nitro benzene ring substituents is 1. The van der Waals surface area contributed by atoms with Crippen LogP contribution in [0, 0.1) is 21.7 Å². The number of nitro groups is 1. The average molecular weight is 343 g/mol. The molecule has 0 aliphatic rings. The van der Waals surface area contributed by atoms with Gasteiger partial charge in [-0.2, -0.15) is 4.39 Å². The highest BCUT2D eigenvalue weighted by atomic mass is 79.9. The summed E-state index contributed by atoms with van der Waals surface area (Å²) in [6.07, 6.45) is 0. The Bertz CT molecular complexity index is 665. The van der Waals surface area contributed by atoms with Crippen molar-refractivity contribution in [2.24, 2.45) is 0 Å². The van der Waals surface area contributed by atoms with Crippen molar-refractivity contribution >= 4 is 27.3 Å². The van der Waals surface area contributed by atoms with Gasteiger partial charge in [-0.25, -0.2) is 4.39 Å². The van der Waals surface area contributed by atoms with Gasteiger partial charge in [0.2, 0.25) is 5.82 Å². The SMILES string of the molecule is O=[N+]([O-])c1ccc(NCc2ccc(F)c(Br)c2)cc1F. The highest BCUT2D eigenvalue weighted by molar-refractivity contribution is 9.10. The van der Waals surface area contributed by atoms with E-state index in [4.69, 9.17) is 0 Å². The monoisotopic (exact) mass is 342 g/mol. The zero-order valence-electron chi connectivity index (χ0n) is 10.1. The Balaban J connectivity index is 2.09. The Kier molecular flexibility index (Phi) is 4.29. The second-order valence-corrected chi connectivity index (χ2v) is 4.88. The van der Waals surface area contributed by atoms with Gasteiger partial charge in [0.05, 0.1) is 9.40 Å². The first kappa shape index (κ1) is 14.4. The van der Waals surface area contributed by atoms with E-state index in [2.05, 4.69) is 21.2 Å². The van der Waals surface area contributed by atoms with Crippen LogP contribution in [0.2, 0.25) is 0 Å². The lowest BCUT2D eigenvalue weighted by Crippen LogP contribution is -2.01. The number of halogens is 3. The molecule has 1 N–H and O–H groups in total. The van der Waals surface area contributed by atoms with E-state index < -0.39 is 16.4 Å². The number of anilines is 1. The third-order valence-corrected chi connectivity index (χ3v) is 3.23. The van der Waals surface area contributed by atoms with Crippen LogP contribution >= 0.6 is 15.9 Å². The maximum Gasteiger partial charge on any atom is 0.304 e. The van der Waals surface area contributed by atoms with E-state index >= 15 is 0 Å². The normalized spacial score (nSPS) is 10.3. The molecule has 2 aromatic rings. The molecule has 0 aliphatic carbocycles. The van der Waals surface area contributed by atoms with Crippen molar-refractivity contribution in [2.75, 3.05) is 5.32 Å². The van der Waals surface area contributed by atoms with Gasteiger partial charge in [0.15, 0.2) is 0 Å². The van der Waals surface area contributed by atoms with Crippen molar-refractivity contribution in [2.45, 2.75) is 6.54 Å². The van der Waals surface area contributed by atoms with Crippen molar-refractivity contribution in [3.05, 3.63) is 68.2 Å². The van der Waals surface area contributed by atoms with Gasteiger partial charge < -0.3 is 5.32 Å². The molecule has 0 unspecified atom stereocenters. The van der Waals surface area contributed by atoms with E-state index in [1.54, 1.807) is 12.1 Å². The van der Waals surface area contributed by atoms with E-state index in [9.17, 15) is 18.9 Å². The Morgan fingerprint density at radius 2 is 1.90 bits per heavy atom. The second kappa shape index (κ2) is 5.96. The van der Waals surface area contributed by atoms with Gasteiger partial charge in [0.25, 0.3) is 0 Å². The van der Waals surface area contributed by atoms with E-state index in [1.165, 1.54) is 12.1 Å². The number of rotatable bonds is 4. The second-order valence-electron chi connectivity index (χ2n) is 4.03. The van der Waals surface area contributed by atoms with Gasteiger partial charge in [-0.1, -0.05) is 6.07 Å². The first-order valence-electron chi connectivity index (χ1n) is 5.59. The summed E-state index contributed by atoms with van der Waals surface area (Å²) in [5.41, 5.74) is 0.630. The Morgan fingerprint density at radius 1 is 1.15 bits per heavy atom. The van der Waals surface area contributed by atoms with Gasteiger partial charge in [-0.15, -0.1) is 0 Å². The molecule has 0 fully saturated rings. The third-order valence-electron chi connectivity index (χ3n) is 2.63. The smallest absolute Gasteiger partial charge is 0.304 e. The van der Waals surface area contributed by atoms with Gasteiger partial charge in [-0.3, -0.25) is 10.1 Å². The van der Waals surface area contributed by atoms with Crippen molar-refractivity contribution in [1.29, 1.82) is 0 Å². The van der Waals surface area contributed by atoms with Crippen LogP contribution in [0.15, 0.2) is 40.9 Å². The largest absolute Gasteiger partial charge is 0.381 e. The van der Waals surface area contributed by atoms with Crippen molar-refractivity contribution < 1.29 is 13.7 Å². The van der Waals surface area contributed by atoms with Crippen molar-refractivity contribution in [1.82, 2.24) is 0 Å². The minimum Gasteiger partial charge on any atom is -0.381 e. The van der Waals surface area contributed by atoms with Crippen LogP contribution in [0.3, 0.4) is 0 Å².